The van der Waals surface area contributed by atoms with Crippen LogP contribution in [0, 0.1) is 17.7 Å². The van der Waals surface area contributed by atoms with E-state index in [0.29, 0.717) is 18.3 Å². The second-order valence-corrected chi connectivity index (χ2v) is 5.84. The van der Waals surface area contributed by atoms with E-state index in [0.717, 1.165) is 25.4 Å². The molecule has 2 atom stereocenters. The molecule has 0 bridgehead atoms. The van der Waals surface area contributed by atoms with Gasteiger partial charge in [-0.25, -0.2) is 4.39 Å². The molecule has 1 heterocycles. The van der Waals surface area contributed by atoms with Gasteiger partial charge in [0, 0.05) is 6.07 Å². The number of halogens is 2. The molecule has 2 unspecified atom stereocenters. The van der Waals surface area contributed by atoms with Crippen molar-refractivity contribution < 1.29 is 9.13 Å². The van der Waals surface area contributed by atoms with Crippen molar-refractivity contribution in [2.45, 2.75) is 26.2 Å². The summed E-state index contributed by atoms with van der Waals surface area (Å²) in [6.45, 7) is 5.10. The Hall–Kier alpha value is -0.800. The molecule has 2 nitrogen and oxygen atoms in total. The number of rotatable bonds is 6. The summed E-state index contributed by atoms with van der Waals surface area (Å²) in [6.07, 6.45) is 3.69. The summed E-state index contributed by atoms with van der Waals surface area (Å²) >= 11 is 5.63. The molecule has 0 saturated carbocycles. The average molecular weight is 286 g/mol. The zero-order valence-corrected chi connectivity index (χ0v) is 12.0. The van der Waals surface area contributed by atoms with Crippen molar-refractivity contribution in [3.63, 3.8) is 0 Å². The predicted molar refractivity (Wildman–Crippen MR) is 76.3 cm³/mol. The second-order valence-electron chi connectivity index (χ2n) is 5.43. The van der Waals surface area contributed by atoms with E-state index in [4.69, 9.17) is 16.3 Å². The summed E-state index contributed by atoms with van der Waals surface area (Å²) in [4.78, 5) is 0. The monoisotopic (exact) mass is 285 g/mol. The topological polar surface area (TPSA) is 21.3 Å². The number of nitrogens with one attached hydrogen (secondary N) is 1. The van der Waals surface area contributed by atoms with Crippen LogP contribution < -0.4 is 10.1 Å². The van der Waals surface area contributed by atoms with Gasteiger partial charge in [-0.15, -0.1) is 0 Å². The Morgan fingerprint density at radius 3 is 3.05 bits per heavy atom. The lowest BCUT2D eigenvalue weighted by Gasteiger charge is -2.15. The quantitative estimate of drug-likeness (QED) is 0.856. The van der Waals surface area contributed by atoms with Gasteiger partial charge >= 0.3 is 0 Å². The van der Waals surface area contributed by atoms with Crippen molar-refractivity contribution in [1.82, 2.24) is 5.32 Å². The molecule has 1 fully saturated rings. The molecule has 0 aromatic heterocycles. The third-order valence-electron chi connectivity index (χ3n) is 3.66. The zero-order chi connectivity index (χ0) is 13.7. The highest BCUT2D eigenvalue weighted by atomic mass is 35.5. The summed E-state index contributed by atoms with van der Waals surface area (Å²) < 4.78 is 18.8. The summed E-state index contributed by atoms with van der Waals surface area (Å²) in [7, 11) is 0. The molecule has 19 heavy (non-hydrogen) atoms. The molecule has 0 amide bonds. The Labute approximate surface area is 119 Å². The SMILES string of the molecule is CC(CCC1CCNC1)COc1ccc(Cl)c(F)c1. The van der Waals surface area contributed by atoms with Gasteiger partial charge in [-0.3, -0.25) is 0 Å². The Kier molecular flexibility index (Phi) is 5.46. The molecule has 1 aromatic carbocycles. The van der Waals surface area contributed by atoms with Crippen molar-refractivity contribution >= 4 is 11.6 Å². The van der Waals surface area contributed by atoms with Gasteiger partial charge in [0.1, 0.15) is 11.6 Å². The Bertz CT molecular complexity index is 407. The number of benzene rings is 1. The highest BCUT2D eigenvalue weighted by Crippen LogP contribution is 2.22. The Balaban J connectivity index is 1.70. The highest BCUT2D eigenvalue weighted by molar-refractivity contribution is 6.30. The van der Waals surface area contributed by atoms with Crippen molar-refractivity contribution in [3.05, 3.63) is 29.0 Å². The third kappa shape index (κ3) is 4.66. The van der Waals surface area contributed by atoms with Gasteiger partial charge in [0.05, 0.1) is 11.6 Å². The molecule has 2 rings (SSSR count). The first kappa shape index (κ1) is 14.6. The van der Waals surface area contributed by atoms with Crippen molar-refractivity contribution in [2.75, 3.05) is 19.7 Å². The van der Waals surface area contributed by atoms with Crippen molar-refractivity contribution in [3.8, 4) is 5.75 Å². The molecule has 0 radical (unpaired) electrons. The maximum absolute atomic E-state index is 13.2. The Morgan fingerprint density at radius 1 is 1.53 bits per heavy atom. The van der Waals surface area contributed by atoms with Gasteiger partial charge in [-0.1, -0.05) is 18.5 Å². The van der Waals surface area contributed by atoms with Crippen LogP contribution in [0.3, 0.4) is 0 Å². The normalized spacial score (nSPS) is 20.5. The van der Waals surface area contributed by atoms with Gasteiger partial charge in [0.25, 0.3) is 0 Å². The van der Waals surface area contributed by atoms with Gasteiger partial charge in [0.2, 0.25) is 0 Å². The lowest BCUT2D eigenvalue weighted by Crippen LogP contribution is -2.13. The largest absolute Gasteiger partial charge is 0.493 e. The van der Waals surface area contributed by atoms with Gasteiger partial charge < -0.3 is 10.1 Å². The number of hydrogen-bond acceptors (Lipinski definition) is 2. The van der Waals surface area contributed by atoms with Gasteiger partial charge in [-0.05, 0) is 56.3 Å². The average Bonchev–Trinajstić information content (AvgIpc) is 2.91. The van der Waals surface area contributed by atoms with Crippen LogP contribution in [0.4, 0.5) is 4.39 Å². The second kappa shape index (κ2) is 7.11. The van der Waals surface area contributed by atoms with E-state index < -0.39 is 5.82 Å². The van der Waals surface area contributed by atoms with Gasteiger partial charge in [0.15, 0.2) is 0 Å². The van der Waals surface area contributed by atoms with E-state index in [2.05, 4.69) is 12.2 Å². The van der Waals surface area contributed by atoms with Crippen LogP contribution in [0.1, 0.15) is 26.2 Å². The molecule has 0 spiro atoms. The van der Waals surface area contributed by atoms with Crippen LogP contribution in [0.2, 0.25) is 5.02 Å². The fourth-order valence-corrected chi connectivity index (χ4v) is 2.49. The summed E-state index contributed by atoms with van der Waals surface area (Å²) in [5.74, 6) is 1.43. The summed E-state index contributed by atoms with van der Waals surface area (Å²) in [5, 5.41) is 3.51. The molecular weight excluding hydrogens is 265 g/mol. The van der Waals surface area contributed by atoms with E-state index in [1.54, 1.807) is 6.07 Å². The minimum atomic E-state index is -0.427. The van der Waals surface area contributed by atoms with Crippen LogP contribution in [0.5, 0.6) is 5.75 Å². The summed E-state index contributed by atoms with van der Waals surface area (Å²) in [5.41, 5.74) is 0. The molecule has 1 aliphatic rings. The van der Waals surface area contributed by atoms with Crippen LogP contribution >= 0.6 is 11.6 Å². The van der Waals surface area contributed by atoms with Crippen LogP contribution in [-0.2, 0) is 0 Å². The molecule has 1 aliphatic heterocycles. The minimum absolute atomic E-state index is 0.133. The van der Waals surface area contributed by atoms with E-state index in [-0.39, 0.29) is 5.02 Å². The first-order valence-electron chi connectivity index (χ1n) is 6.93. The molecule has 1 saturated heterocycles. The molecular formula is C15H21ClFNO. The zero-order valence-electron chi connectivity index (χ0n) is 11.3. The van der Waals surface area contributed by atoms with Crippen molar-refractivity contribution in [1.29, 1.82) is 0 Å². The van der Waals surface area contributed by atoms with E-state index >= 15 is 0 Å². The van der Waals surface area contributed by atoms with E-state index in [9.17, 15) is 4.39 Å². The lowest BCUT2D eigenvalue weighted by atomic mass is 9.97. The smallest absolute Gasteiger partial charge is 0.145 e. The predicted octanol–water partition coefficient (Wildman–Crippen LogP) is 3.88. The van der Waals surface area contributed by atoms with E-state index in [1.165, 1.54) is 25.0 Å². The molecule has 1 N–H and O–H groups in total. The number of hydrogen-bond donors (Lipinski definition) is 1. The standard InChI is InChI=1S/C15H21ClFNO/c1-11(2-3-12-6-7-18-9-12)10-19-13-4-5-14(16)15(17)8-13/h4-5,8,11-12,18H,2-3,6-7,9-10H2,1H3. The first-order chi connectivity index (χ1) is 9.15. The van der Waals surface area contributed by atoms with Gasteiger partial charge in [-0.2, -0.15) is 0 Å². The lowest BCUT2D eigenvalue weighted by molar-refractivity contribution is 0.243. The highest BCUT2D eigenvalue weighted by Gasteiger charge is 2.15. The fourth-order valence-electron chi connectivity index (χ4n) is 2.37. The molecule has 4 heteroatoms. The Morgan fingerprint density at radius 2 is 2.37 bits per heavy atom. The van der Waals surface area contributed by atoms with Crippen molar-refractivity contribution in [2.24, 2.45) is 11.8 Å². The summed E-state index contributed by atoms with van der Waals surface area (Å²) in [6, 6.07) is 4.58. The maximum atomic E-state index is 13.2. The van der Waals surface area contributed by atoms with E-state index in [1.807, 2.05) is 0 Å². The fraction of sp³-hybridized carbons (Fsp3) is 0.600. The molecule has 0 aliphatic carbocycles. The maximum Gasteiger partial charge on any atom is 0.145 e. The number of ether oxygens (including phenoxy) is 1. The third-order valence-corrected chi connectivity index (χ3v) is 3.96. The van der Waals surface area contributed by atoms with Crippen LogP contribution in [-0.4, -0.2) is 19.7 Å². The minimum Gasteiger partial charge on any atom is -0.493 e. The van der Waals surface area contributed by atoms with Crippen LogP contribution in [0.25, 0.3) is 0 Å². The first-order valence-corrected chi connectivity index (χ1v) is 7.31. The van der Waals surface area contributed by atoms with Crippen LogP contribution in [0.15, 0.2) is 18.2 Å². The molecule has 106 valence electrons. The molecule has 1 aromatic rings.